The van der Waals surface area contributed by atoms with Crippen LogP contribution in [0, 0.1) is 0 Å². The van der Waals surface area contributed by atoms with E-state index < -0.39 is 23.6 Å². The fourth-order valence-corrected chi connectivity index (χ4v) is 3.37. The van der Waals surface area contributed by atoms with Crippen molar-refractivity contribution < 1.29 is 24.2 Å². The first kappa shape index (κ1) is 21.1. The molecule has 3 N–H and O–H groups in total. The number of para-hydroxylation sites is 1. The summed E-state index contributed by atoms with van der Waals surface area (Å²) >= 11 is 0. The lowest BCUT2D eigenvalue weighted by molar-refractivity contribution is -0.140. The number of carbonyl (C=O) groups is 3. The molecule has 0 radical (unpaired) electrons. The van der Waals surface area contributed by atoms with Crippen LogP contribution >= 0.6 is 0 Å². The molecule has 0 bridgehead atoms. The highest BCUT2D eigenvalue weighted by atomic mass is 16.5. The summed E-state index contributed by atoms with van der Waals surface area (Å²) in [5.74, 6) is -2.00. The molecule has 0 spiro atoms. The van der Waals surface area contributed by atoms with Crippen LogP contribution in [-0.4, -0.2) is 47.9 Å². The number of nitrogens with zero attached hydrogens (tertiary/aromatic N) is 1. The van der Waals surface area contributed by atoms with Crippen molar-refractivity contribution >= 4 is 17.6 Å². The van der Waals surface area contributed by atoms with Gasteiger partial charge in [0.1, 0.15) is 5.75 Å². The first-order chi connectivity index (χ1) is 14.5. The lowest BCUT2D eigenvalue weighted by Gasteiger charge is -2.25. The number of methoxy groups -OCH3 is 1. The van der Waals surface area contributed by atoms with Gasteiger partial charge in [-0.2, -0.15) is 0 Å². The number of Topliss-reactive ketones (excluding diaryl/α,β-unsaturated/α-hetero) is 1. The van der Waals surface area contributed by atoms with Crippen molar-refractivity contribution in [3.8, 4) is 5.75 Å². The second-order valence-corrected chi connectivity index (χ2v) is 6.77. The molecular weight excluding hydrogens is 386 g/mol. The molecule has 3 rings (SSSR count). The van der Waals surface area contributed by atoms with Gasteiger partial charge in [0.2, 0.25) is 0 Å². The molecule has 1 heterocycles. The fraction of sp³-hybridized carbons (Fsp3) is 0.227. The lowest BCUT2D eigenvalue weighted by atomic mass is 9.97. The third-order valence-corrected chi connectivity index (χ3v) is 4.85. The van der Waals surface area contributed by atoms with E-state index in [0.29, 0.717) is 5.70 Å². The zero-order valence-corrected chi connectivity index (χ0v) is 16.7. The summed E-state index contributed by atoms with van der Waals surface area (Å²) in [6.45, 7) is 2.15. The molecule has 0 aromatic heterocycles. The van der Waals surface area contributed by atoms with Gasteiger partial charge in [-0.05, 0) is 24.6 Å². The van der Waals surface area contributed by atoms with Gasteiger partial charge in [-0.1, -0.05) is 42.5 Å². The standard InChI is InChI=1S/C22H23N3O5/c1-14(23-24-21(28)16-10-6-7-11-17(16)26)18-19(15-8-4-3-5-9-15)25(12-13-30-2)22(29)20(18)27/h3-11,19,23,26H,12-13H2,1-2H3,(H,24,28)/b18-14-/t19-/m0/s1. The largest absolute Gasteiger partial charge is 0.507 e. The minimum absolute atomic E-state index is 0.0814. The highest BCUT2D eigenvalue weighted by Gasteiger charge is 2.44. The first-order valence-corrected chi connectivity index (χ1v) is 9.40. The number of hydrogen-bond acceptors (Lipinski definition) is 6. The number of allylic oxidation sites excluding steroid dienone is 1. The van der Waals surface area contributed by atoms with Crippen LogP contribution in [0.15, 0.2) is 65.9 Å². The average molecular weight is 409 g/mol. The van der Waals surface area contributed by atoms with E-state index >= 15 is 0 Å². The Morgan fingerprint density at radius 1 is 1.07 bits per heavy atom. The molecule has 0 unspecified atom stereocenters. The molecule has 1 saturated heterocycles. The number of nitrogens with one attached hydrogen (secondary N) is 2. The van der Waals surface area contributed by atoms with Crippen molar-refractivity contribution in [2.75, 3.05) is 20.3 Å². The third-order valence-electron chi connectivity index (χ3n) is 4.85. The van der Waals surface area contributed by atoms with Crippen molar-refractivity contribution in [2.45, 2.75) is 13.0 Å². The van der Waals surface area contributed by atoms with Crippen LogP contribution in [0.1, 0.15) is 28.9 Å². The molecule has 0 saturated carbocycles. The highest BCUT2D eigenvalue weighted by molar-refractivity contribution is 6.45. The molecule has 2 aromatic rings. The monoisotopic (exact) mass is 409 g/mol. The van der Waals surface area contributed by atoms with Crippen molar-refractivity contribution in [1.29, 1.82) is 0 Å². The van der Waals surface area contributed by atoms with Crippen LogP contribution in [0.4, 0.5) is 0 Å². The lowest BCUT2D eigenvalue weighted by Crippen LogP contribution is -2.37. The van der Waals surface area contributed by atoms with Gasteiger partial charge in [-0.15, -0.1) is 0 Å². The quantitative estimate of drug-likeness (QED) is 0.365. The zero-order chi connectivity index (χ0) is 21.7. The number of phenolic OH excluding ortho intramolecular Hbond substituents is 1. The number of ether oxygens (including phenoxy) is 1. The summed E-state index contributed by atoms with van der Waals surface area (Å²) in [4.78, 5) is 39.3. The fourth-order valence-electron chi connectivity index (χ4n) is 3.37. The Balaban J connectivity index is 1.90. The van der Waals surface area contributed by atoms with E-state index in [1.165, 1.54) is 24.1 Å². The average Bonchev–Trinajstić information content (AvgIpc) is 3.01. The number of hydrazine groups is 1. The number of phenols is 1. The van der Waals surface area contributed by atoms with Gasteiger partial charge in [0.25, 0.3) is 17.6 Å². The smallest absolute Gasteiger partial charge is 0.295 e. The number of amides is 2. The molecular formula is C22H23N3O5. The molecule has 30 heavy (non-hydrogen) atoms. The normalized spacial score (nSPS) is 17.8. The van der Waals surface area contributed by atoms with E-state index in [0.717, 1.165) is 5.56 Å². The molecule has 8 nitrogen and oxygen atoms in total. The number of rotatable bonds is 7. The number of ketones is 1. The maximum absolute atomic E-state index is 12.8. The van der Waals surface area contributed by atoms with Gasteiger partial charge in [-0.25, -0.2) is 0 Å². The zero-order valence-electron chi connectivity index (χ0n) is 16.7. The van der Waals surface area contributed by atoms with Crippen LogP contribution in [-0.2, 0) is 14.3 Å². The van der Waals surface area contributed by atoms with Gasteiger partial charge in [-0.3, -0.25) is 19.8 Å². The van der Waals surface area contributed by atoms with Crippen LogP contribution < -0.4 is 10.9 Å². The summed E-state index contributed by atoms with van der Waals surface area (Å²) in [6, 6.07) is 14.7. The maximum Gasteiger partial charge on any atom is 0.295 e. The predicted octanol–water partition coefficient (Wildman–Crippen LogP) is 1.70. The Bertz CT molecular complexity index is 987. The first-order valence-electron chi connectivity index (χ1n) is 9.40. The second-order valence-electron chi connectivity index (χ2n) is 6.77. The Hall–Kier alpha value is -3.65. The van der Waals surface area contributed by atoms with E-state index in [9.17, 15) is 19.5 Å². The Morgan fingerprint density at radius 2 is 1.73 bits per heavy atom. The minimum atomic E-state index is -0.637. The van der Waals surface area contributed by atoms with Gasteiger partial charge in [0, 0.05) is 19.4 Å². The molecule has 0 aliphatic carbocycles. The molecule has 1 fully saturated rings. The summed E-state index contributed by atoms with van der Waals surface area (Å²) < 4.78 is 5.09. The molecule has 2 aromatic carbocycles. The number of likely N-dealkylation sites (tertiary alicyclic amines) is 1. The van der Waals surface area contributed by atoms with Gasteiger partial charge >= 0.3 is 0 Å². The van der Waals surface area contributed by atoms with Crippen LogP contribution in [0.3, 0.4) is 0 Å². The third kappa shape index (κ3) is 4.18. The minimum Gasteiger partial charge on any atom is -0.507 e. The molecule has 1 atom stereocenters. The van der Waals surface area contributed by atoms with Crippen LogP contribution in [0.2, 0.25) is 0 Å². The van der Waals surface area contributed by atoms with Gasteiger partial charge in [0.15, 0.2) is 0 Å². The van der Waals surface area contributed by atoms with E-state index in [1.54, 1.807) is 19.1 Å². The Kier molecular flexibility index (Phi) is 6.48. The number of aromatic hydroxyl groups is 1. The molecule has 156 valence electrons. The topological polar surface area (TPSA) is 108 Å². The molecule has 1 aliphatic rings. The summed E-state index contributed by atoms with van der Waals surface area (Å²) in [6.07, 6.45) is 0. The van der Waals surface area contributed by atoms with Crippen molar-refractivity contribution in [1.82, 2.24) is 15.8 Å². The van der Waals surface area contributed by atoms with Gasteiger partial charge in [0.05, 0.1) is 23.8 Å². The van der Waals surface area contributed by atoms with Crippen LogP contribution in [0.5, 0.6) is 5.75 Å². The second kappa shape index (κ2) is 9.23. The SMILES string of the molecule is COCCN1C(=O)C(=O)/C(=C(/C)NNC(=O)c2ccccc2O)[C@@H]1c1ccccc1. The number of carbonyl (C=O) groups excluding carboxylic acids is 3. The van der Waals surface area contributed by atoms with E-state index in [4.69, 9.17) is 4.74 Å². The molecule has 2 amide bonds. The predicted molar refractivity (Wildman–Crippen MR) is 109 cm³/mol. The van der Waals surface area contributed by atoms with E-state index in [-0.39, 0.29) is 30.0 Å². The number of hydrogen-bond donors (Lipinski definition) is 3. The maximum atomic E-state index is 12.8. The Labute approximate surface area is 174 Å². The molecule has 1 aliphatic heterocycles. The van der Waals surface area contributed by atoms with E-state index in [2.05, 4.69) is 10.9 Å². The summed E-state index contributed by atoms with van der Waals surface area (Å²) in [5, 5.41) is 9.82. The van der Waals surface area contributed by atoms with E-state index in [1.807, 2.05) is 30.3 Å². The summed E-state index contributed by atoms with van der Waals surface area (Å²) in [5.41, 5.74) is 6.63. The van der Waals surface area contributed by atoms with Crippen LogP contribution in [0.25, 0.3) is 0 Å². The number of benzene rings is 2. The van der Waals surface area contributed by atoms with Crippen molar-refractivity contribution in [2.24, 2.45) is 0 Å². The Morgan fingerprint density at radius 3 is 2.40 bits per heavy atom. The van der Waals surface area contributed by atoms with Gasteiger partial charge < -0.3 is 20.2 Å². The van der Waals surface area contributed by atoms with Crippen molar-refractivity contribution in [3.05, 3.63) is 77.0 Å². The highest BCUT2D eigenvalue weighted by Crippen LogP contribution is 2.36. The molecule has 8 heteroatoms. The van der Waals surface area contributed by atoms with Crippen molar-refractivity contribution in [3.63, 3.8) is 0 Å². The summed E-state index contributed by atoms with van der Waals surface area (Å²) in [7, 11) is 1.53.